The largest absolute Gasteiger partial charge is 0.422 e. The molecule has 0 aliphatic rings. The SMILES string of the molecule is CCCCCC=CCC=CCC=CCC=CCCCC(=O)NC(=O)c1c(C)c2ccc(N)cc2oc1=O. The van der Waals surface area contributed by atoms with Gasteiger partial charge in [-0.05, 0) is 69.6 Å². The summed E-state index contributed by atoms with van der Waals surface area (Å²) in [5.41, 5.74) is 6.00. The molecule has 1 heterocycles. The number of nitrogens with two attached hydrogens (primary N) is 1. The lowest BCUT2D eigenvalue weighted by molar-refractivity contribution is -0.120. The number of carbonyl (C=O) groups excluding carboxylic acids is 2. The normalized spacial score (nSPS) is 12.1. The first-order valence-corrected chi connectivity index (χ1v) is 13.2. The summed E-state index contributed by atoms with van der Waals surface area (Å²) >= 11 is 0. The average Bonchev–Trinajstić information content (AvgIpc) is 2.85. The van der Waals surface area contributed by atoms with E-state index in [1.165, 1.54) is 31.7 Å². The fraction of sp³-hybridized carbons (Fsp3) is 0.387. The Bertz CT molecular complexity index is 1200. The number of unbranched alkanes of at least 4 members (excludes halogenated alkanes) is 4. The number of nitrogen functional groups attached to an aromatic ring is 1. The van der Waals surface area contributed by atoms with Crippen LogP contribution in [0.3, 0.4) is 0 Å². The molecule has 0 saturated carbocycles. The summed E-state index contributed by atoms with van der Waals surface area (Å²) in [7, 11) is 0. The van der Waals surface area contributed by atoms with Crippen LogP contribution in [-0.2, 0) is 4.79 Å². The lowest BCUT2D eigenvalue weighted by Gasteiger charge is -2.08. The lowest BCUT2D eigenvalue weighted by Crippen LogP contribution is -2.34. The van der Waals surface area contributed by atoms with Crippen molar-refractivity contribution in [1.29, 1.82) is 0 Å². The first-order valence-electron chi connectivity index (χ1n) is 13.2. The predicted molar refractivity (Wildman–Crippen MR) is 153 cm³/mol. The maximum atomic E-state index is 12.5. The van der Waals surface area contributed by atoms with Crippen LogP contribution in [0, 0.1) is 6.92 Å². The monoisotopic (exact) mass is 504 g/mol. The first-order chi connectivity index (χ1) is 17.9. The van der Waals surface area contributed by atoms with Crippen molar-refractivity contribution in [3.8, 4) is 0 Å². The van der Waals surface area contributed by atoms with E-state index in [9.17, 15) is 14.4 Å². The predicted octanol–water partition coefficient (Wildman–Crippen LogP) is 7.09. The van der Waals surface area contributed by atoms with Crippen molar-refractivity contribution >= 4 is 28.5 Å². The summed E-state index contributed by atoms with van der Waals surface area (Å²) in [5, 5.41) is 2.90. The Balaban J connectivity index is 1.63. The van der Waals surface area contributed by atoms with E-state index in [0.717, 1.165) is 25.7 Å². The highest BCUT2D eigenvalue weighted by molar-refractivity contribution is 6.07. The molecule has 1 aromatic heterocycles. The molecular formula is C31H40N2O4. The van der Waals surface area contributed by atoms with Gasteiger partial charge in [0.1, 0.15) is 11.1 Å². The third-order valence-electron chi connectivity index (χ3n) is 5.90. The zero-order chi connectivity index (χ0) is 26.9. The van der Waals surface area contributed by atoms with Crippen molar-refractivity contribution in [3.05, 3.63) is 88.4 Å². The van der Waals surface area contributed by atoms with Gasteiger partial charge >= 0.3 is 5.63 Å². The van der Waals surface area contributed by atoms with E-state index < -0.39 is 17.4 Å². The van der Waals surface area contributed by atoms with Gasteiger partial charge in [0.2, 0.25) is 5.91 Å². The Morgan fingerprint density at radius 1 is 0.892 bits per heavy atom. The van der Waals surface area contributed by atoms with Gasteiger partial charge in [0.15, 0.2) is 0 Å². The van der Waals surface area contributed by atoms with Crippen LogP contribution in [0.4, 0.5) is 5.69 Å². The molecule has 0 aliphatic heterocycles. The van der Waals surface area contributed by atoms with Gasteiger partial charge in [0, 0.05) is 23.6 Å². The van der Waals surface area contributed by atoms with Crippen molar-refractivity contribution in [2.75, 3.05) is 5.73 Å². The van der Waals surface area contributed by atoms with Crippen LogP contribution in [0.15, 0.2) is 76.0 Å². The zero-order valence-electron chi connectivity index (χ0n) is 22.1. The Morgan fingerprint density at radius 3 is 2.11 bits per heavy atom. The van der Waals surface area contributed by atoms with Gasteiger partial charge in [-0.2, -0.15) is 0 Å². The van der Waals surface area contributed by atoms with E-state index in [0.29, 0.717) is 28.6 Å². The van der Waals surface area contributed by atoms with E-state index in [4.69, 9.17) is 10.2 Å². The van der Waals surface area contributed by atoms with Gasteiger partial charge < -0.3 is 10.2 Å². The van der Waals surface area contributed by atoms with Crippen LogP contribution >= 0.6 is 0 Å². The number of nitrogens with one attached hydrogen (secondary N) is 1. The quantitative estimate of drug-likeness (QED) is 0.117. The van der Waals surface area contributed by atoms with Crippen LogP contribution in [-0.4, -0.2) is 11.8 Å². The van der Waals surface area contributed by atoms with Gasteiger partial charge in [-0.1, -0.05) is 68.4 Å². The number of rotatable bonds is 15. The topological polar surface area (TPSA) is 102 Å². The molecule has 1 aromatic carbocycles. The fourth-order valence-electron chi connectivity index (χ4n) is 3.83. The highest BCUT2D eigenvalue weighted by Crippen LogP contribution is 2.21. The summed E-state index contributed by atoms with van der Waals surface area (Å²) in [6, 6.07) is 4.89. The van der Waals surface area contributed by atoms with E-state index in [1.807, 2.05) is 6.08 Å². The number of imide groups is 1. The van der Waals surface area contributed by atoms with E-state index in [2.05, 4.69) is 54.8 Å². The second kappa shape index (κ2) is 16.9. The summed E-state index contributed by atoms with van der Waals surface area (Å²) in [6.45, 7) is 3.87. The smallest absolute Gasteiger partial charge is 0.349 e. The number of amides is 2. The number of benzene rings is 1. The highest BCUT2D eigenvalue weighted by atomic mass is 16.4. The van der Waals surface area contributed by atoms with Gasteiger partial charge in [-0.15, -0.1) is 0 Å². The third-order valence-corrected chi connectivity index (χ3v) is 5.90. The molecule has 0 fully saturated rings. The van der Waals surface area contributed by atoms with Crippen molar-refractivity contribution in [2.45, 2.75) is 78.1 Å². The molecule has 3 N–H and O–H groups in total. The summed E-state index contributed by atoms with van der Waals surface area (Å²) in [4.78, 5) is 37.0. The van der Waals surface area contributed by atoms with E-state index >= 15 is 0 Å². The number of hydrogen-bond donors (Lipinski definition) is 2. The summed E-state index contributed by atoms with van der Waals surface area (Å²) in [6.07, 6.45) is 26.6. The number of allylic oxidation sites excluding steroid dienone is 8. The van der Waals surface area contributed by atoms with Crippen molar-refractivity contribution in [1.82, 2.24) is 5.32 Å². The third kappa shape index (κ3) is 10.9. The molecule has 6 nitrogen and oxygen atoms in total. The Morgan fingerprint density at radius 2 is 1.49 bits per heavy atom. The molecular weight excluding hydrogens is 464 g/mol. The molecule has 0 spiro atoms. The van der Waals surface area contributed by atoms with Crippen LogP contribution in [0.5, 0.6) is 0 Å². The van der Waals surface area contributed by atoms with Crippen LogP contribution in [0.25, 0.3) is 11.0 Å². The molecule has 0 atom stereocenters. The fourth-order valence-corrected chi connectivity index (χ4v) is 3.83. The molecule has 37 heavy (non-hydrogen) atoms. The molecule has 0 unspecified atom stereocenters. The Kier molecular flexibility index (Phi) is 13.5. The molecule has 0 bridgehead atoms. The second-order valence-corrected chi connectivity index (χ2v) is 9.00. The lowest BCUT2D eigenvalue weighted by atomic mass is 10.0. The van der Waals surface area contributed by atoms with Crippen LogP contribution in [0.1, 0.15) is 87.1 Å². The minimum atomic E-state index is -0.790. The molecule has 2 aromatic rings. The van der Waals surface area contributed by atoms with Crippen LogP contribution in [0.2, 0.25) is 0 Å². The van der Waals surface area contributed by atoms with Gasteiger partial charge in [-0.25, -0.2) is 4.79 Å². The maximum Gasteiger partial charge on any atom is 0.349 e. The van der Waals surface area contributed by atoms with E-state index in [1.54, 1.807) is 19.1 Å². The first kappa shape index (κ1) is 29.6. The molecule has 6 heteroatoms. The standard InChI is InChI=1S/C31H40N2O4/c1-3-4-5-6-7-8-9-10-11-12-13-14-15-16-17-18-19-20-28(34)33-30(35)29-24(2)26-22-21-25(32)23-27(26)37-31(29)36/h7-8,10-11,13-14,16-17,21-23H,3-6,9,12,15,18-20,32H2,1-2H3,(H,33,34,35). The Labute approximate surface area is 220 Å². The minimum absolute atomic E-state index is 0.161. The number of anilines is 1. The van der Waals surface area contributed by atoms with Gasteiger partial charge in [0.25, 0.3) is 5.91 Å². The van der Waals surface area contributed by atoms with Crippen molar-refractivity contribution in [3.63, 3.8) is 0 Å². The maximum absolute atomic E-state index is 12.5. The van der Waals surface area contributed by atoms with Crippen LogP contribution < -0.4 is 16.7 Å². The number of aryl methyl sites for hydroxylation is 1. The highest BCUT2D eigenvalue weighted by Gasteiger charge is 2.20. The molecule has 0 radical (unpaired) electrons. The second-order valence-electron chi connectivity index (χ2n) is 9.00. The Hall–Kier alpha value is -3.67. The number of fused-ring (bicyclic) bond motifs is 1. The van der Waals surface area contributed by atoms with Gasteiger partial charge in [-0.3, -0.25) is 14.9 Å². The molecule has 2 rings (SSSR count). The average molecular weight is 505 g/mol. The number of carbonyl (C=O) groups is 2. The van der Waals surface area contributed by atoms with E-state index in [-0.39, 0.29) is 12.0 Å². The zero-order valence-corrected chi connectivity index (χ0v) is 22.1. The van der Waals surface area contributed by atoms with Crippen molar-refractivity contribution < 1.29 is 14.0 Å². The molecule has 0 aliphatic carbocycles. The molecule has 198 valence electrons. The minimum Gasteiger partial charge on any atom is -0.422 e. The summed E-state index contributed by atoms with van der Waals surface area (Å²) in [5.74, 6) is -1.16. The summed E-state index contributed by atoms with van der Waals surface area (Å²) < 4.78 is 5.23. The van der Waals surface area contributed by atoms with Gasteiger partial charge in [0.05, 0.1) is 0 Å². The molecule has 0 saturated heterocycles. The molecule has 2 amide bonds. The number of hydrogen-bond acceptors (Lipinski definition) is 5. The van der Waals surface area contributed by atoms with Crippen molar-refractivity contribution in [2.24, 2.45) is 0 Å².